The van der Waals surface area contributed by atoms with E-state index in [4.69, 9.17) is 9.47 Å². The lowest BCUT2D eigenvalue weighted by Crippen LogP contribution is -2.57. The predicted octanol–water partition coefficient (Wildman–Crippen LogP) is 3.75. The smallest absolute Gasteiger partial charge is 0.408 e. The number of rotatable bonds is 12. The third-order valence-corrected chi connectivity index (χ3v) is 6.29. The summed E-state index contributed by atoms with van der Waals surface area (Å²) in [5.41, 5.74) is 1.68. The fraction of sp³-hybridized carbons (Fsp3) is 0.333. The van der Waals surface area contributed by atoms with Gasteiger partial charge in [0, 0.05) is 19.3 Å². The minimum atomic E-state index is -1.05. The van der Waals surface area contributed by atoms with Crippen LogP contribution >= 0.6 is 0 Å². The lowest BCUT2D eigenvalue weighted by Gasteiger charge is -2.26. The zero-order valence-electron chi connectivity index (χ0n) is 24.5. The van der Waals surface area contributed by atoms with Gasteiger partial charge in [-0.2, -0.15) is 0 Å². The lowest BCUT2D eigenvalue weighted by atomic mass is 10.0. The van der Waals surface area contributed by atoms with Gasteiger partial charge in [-0.1, -0.05) is 91.0 Å². The van der Waals surface area contributed by atoms with Gasteiger partial charge in [-0.25, -0.2) is 9.59 Å². The Morgan fingerprint density at radius 2 is 0.952 bits per heavy atom. The van der Waals surface area contributed by atoms with Gasteiger partial charge in [0.15, 0.2) is 0 Å². The molecule has 0 aliphatic carbocycles. The van der Waals surface area contributed by atoms with Gasteiger partial charge >= 0.3 is 12.1 Å². The van der Waals surface area contributed by atoms with Gasteiger partial charge in [0.05, 0.1) is 7.11 Å². The second-order valence-electron chi connectivity index (χ2n) is 10.9. The Hall–Kier alpha value is -4.66. The molecule has 0 unspecified atom stereocenters. The van der Waals surface area contributed by atoms with Crippen molar-refractivity contribution in [1.29, 1.82) is 0 Å². The van der Waals surface area contributed by atoms with Crippen molar-refractivity contribution in [1.82, 2.24) is 16.0 Å². The number of carbonyl (C=O) groups excluding carboxylic acids is 4. The first-order valence-electron chi connectivity index (χ1n) is 13.8. The van der Waals surface area contributed by atoms with E-state index >= 15 is 0 Å². The molecule has 3 amide bonds. The van der Waals surface area contributed by atoms with E-state index in [9.17, 15) is 19.2 Å². The molecule has 0 saturated carbocycles. The molecule has 0 aliphatic heterocycles. The molecule has 42 heavy (non-hydrogen) atoms. The summed E-state index contributed by atoms with van der Waals surface area (Å²) in [5, 5.41) is 8.22. The maximum atomic E-state index is 13.7. The summed E-state index contributed by atoms with van der Waals surface area (Å²) in [6, 6.07) is 24.6. The van der Waals surface area contributed by atoms with Crippen LogP contribution in [0.15, 0.2) is 91.0 Å². The highest BCUT2D eigenvalue weighted by Gasteiger charge is 2.31. The fourth-order valence-corrected chi connectivity index (χ4v) is 4.30. The Morgan fingerprint density at radius 3 is 1.33 bits per heavy atom. The molecule has 9 heteroatoms. The Labute approximate surface area is 247 Å². The minimum absolute atomic E-state index is 0.155. The molecule has 0 spiro atoms. The predicted molar refractivity (Wildman–Crippen MR) is 159 cm³/mol. The molecule has 222 valence electrons. The van der Waals surface area contributed by atoms with Crippen molar-refractivity contribution in [3.63, 3.8) is 0 Å². The third kappa shape index (κ3) is 10.7. The van der Waals surface area contributed by atoms with Crippen molar-refractivity contribution < 1.29 is 28.7 Å². The number of hydrogen-bond donors (Lipinski definition) is 3. The van der Waals surface area contributed by atoms with Crippen LogP contribution in [0.2, 0.25) is 0 Å². The van der Waals surface area contributed by atoms with Crippen molar-refractivity contribution in [3.05, 3.63) is 108 Å². The summed E-state index contributed by atoms with van der Waals surface area (Å²) in [6.07, 6.45) is -0.217. The van der Waals surface area contributed by atoms with Crippen LogP contribution in [-0.2, 0) is 43.1 Å². The highest BCUT2D eigenvalue weighted by molar-refractivity contribution is 5.93. The Morgan fingerprint density at radius 1 is 0.595 bits per heavy atom. The van der Waals surface area contributed by atoms with E-state index in [1.807, 2.05) is 91.0 Å². The van der Waals surface area contributed by atoms with Crippen molar-refractivity contribution in [2.75, 3.05) is 7.11 Å². The molecule has 0 aromatic heterocycles. The van der Waals surface area contributed by atoms with E-state index in [1.54, 1.807) is 20.8 Å². The van der Waals surface area contributed by atoms with Crippen molar-refractivity contribution in [2.24, 2.45) is 0 Å². The van der Waals surface area contributed by atoms with Crippen LogP contribution in [0, 0.1) is 0 Å². The molecule has 3 aromatic carbocycles. The molecule has 0 saturated heterocycles. The maximum absolute atomic E-state index is 13.7. The molecular weight excluding hydrogens is 534 g/mol. The molecule has 3 aromatic rings. The largest absolute Gasteiger partial charge is 0.467 e. The second kappa shape index (κ2) is 15.4. The molecule has 0 aliphatic rings. The average Bonchev–Trinajstić information content (AvgIpc) is 2.96. The Bertz CT molecular complexity index is 1310. The second-order valence-corrected chi connectivity index (χ2v) is 10.9. The standard InChI is InChI=1S/C33H39N3O6/c1-33(2,3)42-32(40)36-27(21-24-16-10-6-11-17-24)30(38)34-26(20-23-14-8-5-9-15-23)29(37)35-28(31(39)41-4)22-25-18-12-7-13-19-25/h5-19,26-28H,20-22H2,1-4H3,(H,34,38)(H,35,37)(H,36,40)/t26-,27+,28-/m0/s1. The molecule has 0 bridgehead atoms. The normalized spacial score (nSPS) is 13.1. The zero-order valence-corrected chi connectivity index (χ0v) is 24.5. The number of nitrogens with one attached hydrogen (secondary N) is 3. The molecular formula is C33H39N3O6. The van der Waals surface area contributed by atoms with Gasteiger partial charge < -0.3 is 25.4 Å². The summed E-state index contributed by atoms with van der Waals surface area (Å²) in [6.45, 7) is 5.19. The first-order chi connectivity index (χ1) is 20.0. The number of hydrogen-bond acceptors (Lipinski definition) is 6. The van der Waals surface area contributed by atoms with Gasteiger partial charge in [-0.05, 0) is 37.5 Å². The van der Waals surface area contributed by atoms with E-state index in [-0.39, 0.29) is 19.3 Å². The minimum Gasteiger partial charge on any atom is -0.467 e. The monoisotopic (exact) mass is 573 g/mol. The van der Waals surface area contributed by atoms with Crippen LogP contribution < -0.4 is 16.0 Å². The molecule has 3 rings (SSSR count). The van der Waals surface area contributed by atoms with Crippen LogP contribution in [0.3, 0.4) is 0 Å². The average molecular weight is 574 g/mol. The molecule has 0 radical (unpaired) electrons. The summed E-state index contributed by atoms with van der Waals surface area (Å²) < 4.78 is 10.3. The number of carbonyl (C=O) groups is 4. The first-order valence-corrected chi connectivity index (χ1v) is 13.8. The number of methoxy groups -OCH3 is 1. The van der Waals surface area contributed by atoms with Crippen molar-refractivity contribution in [3.8, 4) is 0 Å². The van der Waals surface area contributed by atoms with Gasteiger partial charge in [0.2, 0.25) is 11.8 Å². The van der Waals surface area contributed by atoms with E-state index in [0.717, 1.165) is 16.7 Å². The first kappa shape index (κ1) is 31.9. The highest BCUT2D eigenvalue weighted by atomic mass is 16.6. The highest BCUT2D eigenvalue weighted by Crippen LogP contribution is 2.11. The number of ether oxygens (including phenoxy) is 2. The molecule has 0 heterocycles. The zero-order chi connectivity index (χ0) is 30.5. The van der Waals surface area contributed by atoms with Gasteiger partial charge in [-0.15, -0.1) is 0 Å². The fourth-order valence-electron chi connectivity index (χ4n) is 4.30. The van der Waals surface area contributed by atoms with E-state index < -0.39 is 47.6 Å². The summed E-state index contributed by atoms with van der Waals surface area (Å²) in [7, 11) is 1.26. The molecule has 3 atom stereocenters. The van der Waals surface area contributed by atoms with Gasteiger partial charge in [0.1, 0.15) is 23.7 Å². The van der Waals surface area contributed by atoms with Crippen molar-refractivity contribution in [2.45, 2.75) is 63.8 Å². The Kier molecular flexibility index (Phi) is 11.7. The summed E-state index contributed by atoms with van der Waals surface area (Å²) >= 11 is 0. The summed E-state index contributed by atoms with van der Waals surface area (Å²) in [5.74, 6) is -1.74. The maximum Gasteiger partial charge on any atom is 0.408 e. The van der Waals surface area contributed by atoms with Crippen molar-refractivity contribution >= 4 is 23.9 Å². The SMILES string of the molecule is COC(=O)[C@H](Cc1ccccc1)NC(=O)[C@H](Cc1ccccc1)NC(=O)[C@@H](Cc1ccccc1)NC(=O)OC(C)(C)C. The van der Waals surface area contributed by atoms with E-state index in [0.29, 0.717) is 0 Å². The van der Waals surface area contributed by atoms with Crippen LogP contribution in [0.4, 0.5) is 4.79 Å². The number of alkyl carbamates (subject to hydrolysis) is 1. The van der Waals surface area contributed by atoms with E-state index in [2.05, 4.69) is 16.0 Å². The molecule has 9 nitrogen and oxygen atoms in total. The van der Waals surface area contributed by atoms with E-state index in [1.165, 1.54) is 7.11 Å². The molecule has 3 N–H and O–H groups in total. The third-order valence-electron chi connectivity index (χ3n) is 6.29. The van der Waals surface area contributed by atoms with Crippen LogP contribution in [0.25, 0.3) is 0 Å². The number of amides is 3. The molecule has 0 fully saturated rings. The quantitative estimate of drug-likeness (QED) is 0.284. The lowest BCUT2D eigenvalue weighted by molar-refractivity contribution is -0.145. The van der Waals surface area contributed by atoms with Gasteiger partial charge in [0.25, 0.3) is 0 Å². The van der Waals surface area contributed by atoms with Crippen LogP contribution in [0.5, 0.6) is 0 Å². The van der Waals surface area contributed by atoms with Crippen LogP contribution in [0.1, 0.15) is 37.5 Å². The van der Waals surface area contributed by atoms with Gasteiger partial charge in [-0.3, -0.25) is 9.59 Å². The Balaban J connectivity index is 1.84. The number of esters is 1. The topological polar surface area (TPSA) is 123 Å². The number of benzene rings is 3. The summed E-state index contributed by atoms with van der Waals surface area (Å²) in [4.78, 5) is 52.6. The van der Waals surface area contributed by atoms with Crippen LogP contribution in [-0.4, -0.2) is 54.7 Å².